The van der Waals surface area contributed by atoms with E-state index in [1.54, 1.807) is 19.1 Å². The van der Waals surface area contributed by atoms with E-state index in [4.69, 9.17) is 9.15 Å². The Morgan fingerprint density at radius 1 is 1.41 bits per heavy atom. The topological polar surface area (TPSA) is 59.8 Å². The van der Waals surface area contributed by atoms with Gasteiger partial charge in [0, 0.05) is 12.6 Å². The fourth-order valence-corrected chi connectivity index (χ4v) is 3.24. The predicted octanol–water partition coefficient (Wildman–Crippen LogP) is 3.11. The van der Waals surface area contributed by atoms with E-state index in [0.29, 0.717) is 18.2 Å². The molecule has 5 nitrogen and oxygen atoms in total. The van der Waals surface area contributed by atoms with Gasteiger partial charge in [0.05, 0.1) is 19.3 Å². The van der Waals surface area contributed by atoms with Crippen molar-refractivity contribution in [3.05, 3.63) is 24.2 Å². The summed E-state index contributed by atoms with van der Waals surface area (Å²) in [5.74, 6) is -0.0226. The van der Waals surface area contributed by atoms with Crippen LogP contribution in [0, 0.1) is 11.8 Å². The molecule has 0 N–H and O–H groups in total. The van der Waals surface area contributed by atoms with Gasteiger partial charge in [-0.1, -0.05) is 26.7 Å². The molecule has 0 bridgehead atoms. The lowest BCUT2D eigenvalue weighted by atomic mass is 9.84. The number of carbonyl (C=O) groups is 2. The van der Waals surface area contributed by atoms with E-state index in [1.165, 1.54) is 19.8 Å². The quantitative estimate of drug-likeness (QED) is 0.784. The van der Waals surface area contributed by atoms with Gasteiger partial charge < -0.3 is 14.1 Å². The molecule has 22 heavy (non-hydrogen) atoms. The third-order valence-electron chi connectivity index (χ3n) is 4.53. The van der Waals surface area contributed by atoms with Crippen molar-refractivity contribution in [3.63, 3.8) is 0 Å². The molecule has 0 radical (unpaired) electrons. The number of amides is 1. The van der Waals surface area contributed by atoms with Crippen molar-refractivity contribution in [2.24, 2.45) is 11.8 Å². The zero-order valence-corrected chi connectivity index (χ0v) is 13.6. The van der Waals surface area contributed by atoms with Crippen molar-refractivity contribution >= 4 is 11.9 Å². The maximum Gasteiger partial charge on any atom is 0.310 e. The largest absolute Gasteiger partial charge is 0.469 e. The highest BCUT2D eigenvalue weighted by Crippen LogP contribution is 2.30. The van der Waals surface area contributed by atoms with E-state index in [2.05, 4.69) is 6.92 Å². The molecule has 1 aromatic heterocycles. The summed E-state index contributed by atoms with van der Waals surface area (Å²) in [6.45, 7) is 4.33. The first-order chi connectivity index (χ1) is 10.5. The van der Waals surface area contributed by atoms with E-state index in [9.17, 15) is 9.59 Å². The maximum atomic E-state index is 12.8. The van der Waals surface area contributed by atoms with Crippen LogP contribution in [-0.2, 0) is 9.53 Å². The van der Waals surface area contributed by atoms with Crippen molar-refractivity contribution in [2.45, 2.75) is 45.6 Å². The SMILES string of the molecule is COC(=O)C(C)CN(C(=O)c1ccco1)C1CCCCC1C. The molecule has 1 aliphatic carbocycles. The van der Waals surface area contributed by atoms with Crippen LogP contribution in [0.5, 0.6) is 0 Å². The minimum atomic E-state index is -0.349. The van der Waals surface area contributed by atoms with Crippen LogP contribution >= 0.6 is 0 Å². The first kappa shape index (κ1) is 16.6. The molecule has 1 aromatic rings. The van der Waals surface area contributed by atoms with Crippen molar-refractivity contribution in [3.8, 4) is 0 Å². The van der Waals surface area contributed by atoms with E-state index in [-0.39, 0.29) is 23.8 Å². The summed E-state index contributed by atoms with van der Waals surface area (Å²) >= 11 is 0. The average Bonchev–Trinajstić information content (AvgIpc) is 3.06. The lowest BCUT2D eigenvalue weighted by Gasteiger charge is -2.39. The Morgan fingerprint density at radius 3 is 2.73 bits per heavy atom. The van der Waals surface area contributed by atoms with Gasteiger partial charge in [0.15, 0.2) is 5.76 Å². The molecular formula is C17H25NO4. The molecular weight excluding hydrogens is 282 g/mol. The van der Waals surface area contributed by atoms with Crippen LogP contribution in [0.4, 0.5) is 0 Å². The van der Waals surface area contributed by atoms with Gasteiger partial charge in [-0.05, 0) is 30.9 Å². The summed E-state index contributed by atoms with van der Waals surface area (Å²) in [6, 6.07) is 3.53. The van der Waals surface area contributed by atoms with Crippen molar-refractivity contribution in [1.29, 1.82) is 0 Å². The summed E-state index contributed by atoms with van der Waals surface area (Å²) in [7, 11) is 1.38. The summed E-state index contributed by atoms with van der Waals surface area (Å²) in [4.78, 5) is 26.3. The molecule has 1 saturated carbocycles. The average molecular weight is 307 g/mol. The number of methoxy groups -OCH3 is 1. The molecule has 1 aliphatic rings. The van der Waals surface area contributed by atoms with Gasteiger partial charge >= 0.3 is 5.97 Å². The molecule has 1 heterocycles. The second-order valence-electron chi connectivity index (χ2n) is 6.19. The Bertz CT molecular complexity index is 497. The van der Waals surface area contributed by atoms with Crippen LogP contribution in [0.3, 0.4) is 0 Å². The van der Waals surface area contributed by atoms with Gasteiger partial charge in [-0.2, -0.15) is 0 Å². The number of ether oxygens (including phenoxy) is 1. The third-order valence-corrected chi connectivity index (χ3v) is 4.53. The lowest BCUT2D eigenvalue weighted by Crippen LogP contribution is -2.48. The predicted molar refractivity (Wildman–Crippen MR) is 82.3 cm³/mol. The number of nitrogens with zero attached hydrogens (tertiary/aromatic N) is 1. The van der Waals surface area contributed by atoms with Gasteiger partial charge in [-0.3, -0.25) is 9.59 Å². The zero-order chi connectivity index (χ0) is 16.1. The zero-order valence-electron chi connectivity index (χ0n) is 13.6. The first-order valence-electron chi connectivity index (χ1n) is 7.97. The fourth-order valence-electron chi connectivity index (χ4n) is 3.24. The van der Waals surface area contributed by atoms with E-state index in [0.717, 1.165) is 19.3 Å². The Kier molecular flexibility index (Phi) is 5.63. The highest BCUT2D eigenvalue weighted by Gasteiger charge is 2.34. The number of hydrogen-bond donors (Lipinski definition) is 0. The van der Waals surface area contributed by atoms with Gasteiger partial charge in [-0.25, -0.2) is 0 Å². The highest BCUT2D eigenvalue weighted by atomic mass is 16.5. The summed E-state index contributed by atoms with van der Waals surface area (Å²) in [6.07, 6.45) is 5.90. The van der Waals surface area contributed by atoms with Crippen molar-refractivity contribution < 1.29 is 18.7 Å². The first-order valence-corrected chi connectivity index (χ1v) is 7.97. The summed E-state index contributed by atoms with van der Waals surface area (Å²) in [5.41, 5.74) is 0. The molecule has 1 fully saturated rings. The van der Waals surface area contributed by atoms with Crippen LogP contribution in [0.1, 0.15) is 50.1 Å². The molecule has 5 heteroatoms. The molecule has 0 aliphatic heterocycles. The second-order valence-corrected chi connectivity index (χ2v) is 6.19. The molecule has 122 valence electrons. The summed E-state index contributed by atoms with van der Waals surface area (Å²) < 4.78 is 10.1. The Balaban J connectivity index is 2.19. The second kappa shape index (κ2) is 7.47. The number of furan rings is 1. The minimum Gasteiger partial charge on any atom is -0.469 e. The van der Waals surface area contributed by atoms with Gasteiger partial charge in [0.1, 0.15) is 0 Å². The van der Waals surface area contributed by atoms with E-state index in [1.807, 2.05) is 4.90 Å². The van der Waals surface area contributed by atoms with Crippen LogP contribution in [0.2, 0.25) is 0 Å². The van der Waals surface area contributed by atoms with Crippen LogP contribution in [-0.4, -0.2) is 36.5 Å². The monoisotopic (exact) mass is 307 g/mol. The Morgan fingerprint density at radius 2 is 2.14 bits per heavy atom. The fraction of sp³-hybridized carbons (Fsp3) is 0.647. The minimum absolute atomic E-state index is 0.139. The number of esters is 1. The lowest BCUT2D eigenvalue weighted by molar-refractivity contribution is -0.145. The van der Waals surface area contributed by atoms with Crippen LogP contribution in [0.15, 0.2) is 22.8 Å². The highest BCUT2D eigenvalue weighted by molar-refractivity contribution is 5.92. The molecule has 0 aromatic carbocycles. The Labute approximate surface area is 131 Å². The molecule has 1 amide bonds. The maximum absolute atomic E-state index is 12.8. The number of carbonyl (C=O) groups excluding carboxylic acids is 2. The van der Waals surface area contributed by atoms with Gasteiger partial charge in [0.2, 0.25) is 0 Å². The summed E-state index contributed by atoms with van der Waals surface area (Å²) in [5, 5.41) is 0. The van der Waals surface area contributed by atoms with Crippen LogP contribution < -0.4 is 0 Å². The molecule has 0 spiro atoms. The standard InChI is InChI=1S/C17H25NO4/c1-12-7-4-5-8-14(12)18(11-13(2)17(20)21-3)16(19)15-9-6-10-22-15/h6,9-10,12-14H,4-5,7-8,11H2,1-3H3. The van der Waals surface area contributed by atoms with Crippen molar-refractivity contribution in [2.75, 3.05) is 13.7 Å². The number of rotatable bonds is 5. The normalized spacial score (nSPS) is 22.9. The smallest absolute Gasteiger partial charge is 0.310 e. The Hall–Kier alpha value is -1.78. The number of hydrogen-bond acceptors (Lipinski definition) is 4. The molecule has 3 unspecified atom stereocenters. The van der Waals surface area contributed by atoms with Gasteiger partial charge in [0.25, 0.3) is 5.91 Å². The van der Waals surface area contributed by atoms with Crippen molar-refractivity contribution in [1.82, 2.24) is 4.90 Å². The van der Waals surface area contributed by atoms with Gasteiger partial charge in [-0.15, -0.1) is 0 Å². The van der Waals surface area contributed by atoms with Crippen LogP contribution in [0.25, 0.3) is 0 Å². The molecule has 2 rings (SSSR count). The molecule has 0 saturated heterocycles. The third kappa shape index (κ3) is 3.70. The van der Waals surface area contributed by atoms with E-state index >= 15 is 0 Å². The molecule has 3 atom stereocenters. The van der Waals surface area contributed by atoms with E-state index < -0.39 is 0 Å².